The molecule has 0 radical (unpaired) electrons. The Labute approximate surface area is 137 Å². The molecule has 0 saturated carbocycles. The Morgan fingerprint density at radius 1 is 1.52 bits per heavy atom. The molecule has 21 heavy (non-hydrogen) atoms. The predicted octanol–water partition coefficient (Wildman–Crippen LogP) is 3.39. The van der Waals surface area contributed by atoms with Gasteiger partial charge in [-0.3, -0.25) is 4.79 Å². The number of thiophene rings is 1. The number of amides is 1. The molecular formula is C16H25ClN2OS. The molecule has 3 atom stereocenters. The number of nitrogens with zero attached hydrogens (tertiary/aromatic N) is 1. The summed E-state index contributed by atoms with van der Waals surface area (Å²) in [7, 11) is 0. The molecule has 1 saturated heterocycles. The summed E-state index contributed by atoms with van der Waals surface area (Å²) in [6.07, 6.45) is 4.04. The summed E-state index contributed by atoms with van der Waals surface area (Å²) in [5.74, 6) is 0.613. The van der Waals surface area contributed by atoms with Crippen molar-refractivity contribution in [1.82, 2.24) is 10.2 Å². The lowest BCUT2D eigenvalue weighted by Gasteiger charge is -2.39. The van der Waals surface area contributed by atoms with Gasteiger partial charge >= 0.3 is 0 Å². The Morgan fingerprint density at radius 3 is 3.05 bits per heavy atom. The molecule has 0 aliphatic carbocycles. The normalized spacial score (nSPS) is 28.7. The van der Waals surface area contributed by atoms with Gasteiger partial charge in [0, 0.05) is 23.4 Å². The van der Waals surface area contributed by atoms with Gasteiger partial charge in [0.1, 0.15) is 0 Å². The van der Waals surface area contributed by atoms with E-state index in [9.17, 15) is 4.79 Å². The van der Waals surface area contributed by atoms with Gasteiger partial charge in [-0.15, -0.1) is 23.7 Å². The molecule has 0 aromatic carbocycles. The van der Waals surface area contributed by atoms with Crippen LogP contribution >= 0.6 is 23.7 Å². The number of hydrogen-bond donors (Lipinski definition) is 1. The molecule has 3 heterocycles. The van der Waals surface area contributed by atoms with Crippen LogP contribution in [0.1, 0.15) is 49.6 Å². The topological polar surface area (TPSA) is 32.3 Å². The summed E-state index contributed by atoms with van der Waals surface area (Å²) < 4.78 is 0. The maximum absolute atomic E-state index is 12.9. The van der Waals surface area contributed by atoms with E-state index < -0.39 is 0 Å². The van der Waals surface area contributed by atoms with Gasteiger partial charge in [0.05, 0.1) is 6.04 Å². The average molecular weight is 329 g/mol. The van der Waals surface area contributed by atoms with Crippen molar-refractivity contribution in [1.29, 1.82) is 0 Å². The second kappa shape index (κ2) is 7.12. The largest absolute Gasteiger partial charge is 0.335 e. The first kappa shape index (κ1) is 16.8. The molecule has 1 unspecified atom stereocenters. The monoisotopic (exact) mass is 328 g/mol. The first-order valence-corrected chi connectivity index (χ1v) is 8.68. The molecule has 1 N–H and O–H groups in total. The molecule has 2 aliphatic rings. The van der Waals surface area contributed by atoms with Crippen LogP contribution < -0.4 is 5.32 Å². The van der Waals surface area contributed by atoms with Gasteiger partial charge in [0.2, 0.25) is 5.91 Å². The molecule has 1 amide bonds. The van der Waals surface area contributed by atoms with Crippen LogP contribution in [0, 0.1) is 5.92 Å². The second-order valence-electron chi connectivity index (χ2n) is 6.08. The average Bonchev–Trinajstić information content (AvgIpc) is 2.93. The van der Waals surface area contributed by atoms with E-state index in [0.29, 0.717) is 18.0 Å². The van der Waals surface area contributed by atoms with E-state index in [1.54, 1.807) is 0 Å². The van der Waals surface area contributed by atoms with Crippen molar-refractivity contribution in [2.45, 2.75) is 51.6 Å². The van der Waals surface area contributed by atoms with E-state index >= 15 is 0 Å². The summed E-state index contributed by atoms with van der Waals surface area (Å²) in [5, 5.41) is 5.61. The van der Waals surface area contributed by atoms with E-state index in [1.807, 2.05) is 11.3 Å². The first-order chi connectivity index (χ1) is 9.70. The summed E-state index contributed by atoms with van der Waals surface area (Å²) in [5.41, 5.74) is 1.40. The van der Waals surface area contributed by atoms with Crippen molar-refractivity contribution in [3.63, 3.8) is 0 Å². The summed E-state index contributed by atoms with van der Waals surface area (Å²) in [6, 6.07) is 3.00. The van der Waals surface area contributed by atoms with Crippen LogP contribution in [0.15, 0.2) is 11.4 Å². The van der Waals surface area contributed by atoms with Crippen molar-refractivity contribution in [2.24, 2.45) is 5.92 Å². The van der Waals surface area contributed by atoms with Crippen molar-refractivity contribution >= 4 is 29.7 Å². The van der Waals surface area contributed by atoms with Crippen LogP contribution in [0.4, 0.5) is 0 Å². The Kier molecular flexibility index (Phi) is 5.69. The number of carbonyl (C=O) groups excluding carboxylic acids is 1. The van der Waals surface area contributed by atoms with E-state index in [4.69, 9.17) is 0 Å². The molecule has 2 aliphatic heterocycles. The third kappa shape index (κ3) is 3.27. The Balaban J connectivity index is 0.00000161. The summed E-state index contributed by atoms with van der Waals surface area (Å²) >= 11 is 1.85. The molecular weight excluding hydrogens is 304 g/mol. The van der Waals surface area contributed by atoms with Gasteiger partial charge in [-0.2, -0.15) is 0 Å². The number of hydrogen-bond acceptors (Lipinski definition) is 3. The first-order valence-electron chi connectivity index (χ1n) is 7.80. The second-order valence-corrected chi connectivity index (χ2v) is 7.08. The minimum Gasteiger partial charge on any atom is -0.335 e. The van der Waals surface area contributed by atoms with Crippen LogP contribution in [-0.4, -0.2) is 29.9 Å². The van der Waals surface area contributed by atoms with Gasteiger partial charge in [-0.05, 0) is 56.2 Å². The van der Waals surface area contributed by atoms with Gasteiger partial charge in [-0.1, -0.05) is 6.92 Å². The quantitative estimate of drug-likeness (QED) is 0.902. The highest BCUT2D eigenvalue weighted by Crippen LogP contribution is 2.36. The molecule has 5 heteroatoms. The Bertz CT molecular complexity index is 490. The lowest BCUT2D eigenvalue weighted by Crippen LogP contribution is -2.47. The van der Waals surface area contributed by atoms with Crippen molar-refractivity contribution < 1.29 is 4.79 Å². The van der Waals surface area contributed by atoms with Crippen LogP contribution in [-0.2, 0) is 11.2 Å². The SMILES string of the molecule is CCC1c2ccsc2CCN1C(=O)[C@H]1CCN[C@@H](C)C1.Cl. The van der Waals surface area contributed by atoms with Gasteiger partial charge in [0.25, 0.3) is 0 Å². The molecule has 118 valence electrons. The third-order valence-corrected chi connectivity index (χ3v) is 5.73. The molecule has 0 spiro atoms. The number of fused-ring (bicyclic) bond motifs is 1. The van der Waals surface area contributed by atoms with Gasteiger partial charge in [-0.25, -0.2) is 0 Å². The zero-order chi connectivity index (χ0) is 14.1. The smallest absolute Gasteiger partial charge is 0.226 e. The number of piperidine rings is 1. The molecule has 1 aromatic rings. The molecule has 0 bridgehead atoms. The van der Waals surface area contributed by atoms with Gasteiger partial charge < -0.3 is 10.2 Å². The number of halogens is 1. The lowest BCUT2D eigenvalue weighted by molar-refractivity contribution is -0.139. The fraction of sp³-hybridized carbons (Fsp3) is 0.688. The summed E-state index contributed by atoms with van der Waals surface area (Å²) in [4.78, 5) is 16.6. The number of carbonyl (C=O) groups is 1. The fourth-order valence-electron chi connectivity index (χ4n) is 3.69. The molecule has 3 nitrogen and oxygen atoms in total. The lowest BCUT2D eigenvalue weighted by atomic mass is 9.89. The van der Waals surface area contributed by atoms with Crippen LogP contribution in [0.5, 0.6) is 0 Å². The molecule has 1 aromatic heterocycles. The van der Waals surface area contributed by atoms with E-state index in [0.717, 1.165) is 38.8 Å². The maximum atomic E-state index is 12.9. The zero-order valence-corrected chi connectivity index (χ0v) is 14.4. The maximum Gasteiger partial charge on any atom is 0.226 e. The highest BCUT2D eigenvalue weighted by Gasteiger charge is 2.35. The highest BCUT2D eigenvalue weighted by molar-refractivity contribution is 7.10. The molecule has 3 rings (SSSR count). The Morgan fingerprint density at radius 2 is 2.33 bits per heavy atom. The van der Waals surface area contributed by atoms with Crippen molar-refractivity contribution in [3.8, 4) is 0 Å². The number of rotatable bonds is 2. The van der Waals surface area contributed by atoms with Crippen LogP contribution in [0.2, 0.25) is 0 Å². The fourth-order valence-corrected chi connectivity index (χ4v) is 4.62. The van der Waals surface area contributed by atoms with E-state index in [2.05, 4.69) is 35.5 Å². The standard InChI is InChI=1S/C16H24N2OS.ClH/c1-3-14-13-6-9-20-15(13)5-8-18(14)16(19)12-4-7-17-11(2)10-12;/h6,9,11-12,14,17H,3-5,7-8,10H2,1-2H3;1H/t11-,12-,14?;/m0./s1. The van der Waals surface area contributed by atoms with Gasteiger partial charge in [0.15, 0.2) is 0 Å². The minimum absolute atomic E-state index is 0. The van der Waals surface area contributed by atoms with E-state index in [-0.39, 0.29) is 18.3 Å². The van der Waals surface area contributed by atoms with Crippen molar-refractivity contribution in [3.05, 3.63) is 21.9 Å². The van der Waals surface area contributed by atoms with Crippen molar-refractivity contribution in [2.75, 3.05) is 13.1 Å². The number of nitrogens with one attached hydrogen (secondary N) is 1. The third-order valence-electron chi connectivity index (χ3n) is 4.74. The predicted molar refractivity (Wildman–Crippen MR) is 90.2 cm³/mol. The highest BCUT2D eigenvalue weighted by atomic mass is 35.5. The van der Waals surface area contributed by atoms with E-state index in [1.165, 1.54) is 10.4 Å². The zero-order valence-electron chi connectivity index (χ0n) is 12.8. The Hall–Kier alpha value is -0.580. The van der Waals surface area contributed by atoms with Crippen LogP contribution in [0.3, 0.4) is 0 Å². The summed E-state index contributed by atoms with van der Waals surface area (Å²) in [6.45, 7) is 6.27. The molecule has 1 fully saturated rings. The van der Waals surface area contributed by atoms with Crippen LogP contribution in [0.25, 0.3) is 0 Å². The minimum atomic E-state index is 0.